The first-order valence-corrected chi connectivity index (χ1v) is 3.75. The number of hydrogen-bond donors (Lipinski definition) is 2. The number of rotatable bonds is 1. The summed E-state index contributed by atoms with van der Waals surface area (Å²) in [5.74, 6) is -0.931. The van der Waals surface area contributed by atoms with Gasteiger partial charge in [-0.3, -0.25) is 4.79 Å². The highest BCUT2D eigenvalue weighted by Crippen LogP contribution is 2.20. The van der Waals surface area contributed by atoms with Crippen LogP contribution in [0.25, 0.3) is 5.57 Å². The van der Waals surface area contributed by atoms with Gasteiger partial charge in [-0.15, -0.1) is 0 Å². The molecule has 1 rings (SSSR count). The van der Waals surface area contributed by atoms with Gasteiger partial charge in [-0.25, -0.2) is 0 Å². The highest BCUT2D eigenvalue weighted by molar-refractivity contribution is 5.66. The summed E-state index contributed by atoms with van der Waals surface area (Å²) in [7, 11) is 0. The Kier molecular flexibility index (Phi) is 2.37. The van der Waals surface area contributed by atoms with Gasteiger partial charge in [0.05, 0.1) is 0 Å². The summed E-state index contributed by atoms with van der Waals surface area (Å²) in [5, 5.41) is 18.4. The van der Waals surface area contributed by atoms with Crippen LogP contribution in [0.3, 0.4) is 0 Å². The topological polar surface area (TPSA) is 57.5 Å². The van der Waals surface area contributed by atoms with Crippen LogP contribution < -0.4 is 5.43 Å². The molecule has 0 aliphatic rings. The lowest BCUT2D eigenvalue weighted by molar-refractivity contribution is 0.444. The van der Waals surface area contributed by atoms with Crippen LogP contribution in [0, 0.1) is 0 Å². The van der Waals surface area contributed by atoms with Gasteiger partial charge in [0, 0.05) is 5.56 Å². The van der Waals surface area contributed by atoms with Crippen molar-refractivity contribution in [2.45, 2.75) is 6.92 Å². The zero-order chi connectivity index (χ0) is 10.0. The van der Waals surface area contributed by atoms with E-state index in [0.717, 1.165) is 0 Å². The molecule has 0 aliphatic heterocycles. The summed E-state index contributed by atoms with van der Waals surface area (Å²) in [6.07, 6.45) is 0. The van der Waals surface area contributed by atoms with Gasteiger partial charge in [0.1, 0.15) is 0 Å². The highest BCUT2D eigenvalue weighted by atomic mass is 16.3. The third-order valence-corrected chi connectivity index (χ3v) is 1.68. The zero-order valence-electron chi connectivity index (χ0n) is 7.24. The van der Waals surface area contributed by atoms with Gasteiger partial charge in [-0.1, -0.05) is 18.7 Å². The second kappa shape index (κ2) is 3.31. The van der Waals surface area contributed by atoms with Crippen LogP contribution in [-0.2, 0) is 0 Å². The normalized spacial score (nSPS) is 9.62. The van der Waals surface area contributed by atoms with Crippen LogP contribution >= 0.6 is 0 Å². The van der Waals surface area contributed by atoms with Crippen molar-refractivity contribution in [3.63, 3.8) is 0 Å². The molecule has 13 heavy (non-hydrogen) atoms. The maximum atomic E-state index is 11.2. The average molecular weight is 178 g/mol. The molecule has 0 fully saturated rings. The third-order valence-electron chi connectivity index (χ3n) is 1.68. The predicted molar refractivity (Wildman–Crippen MR) is 50.7 cm³/mol. The van der Waals surface area contributed by atoms with Gasteiger partial charge in [-0.05, 0) is 18.6 Å². The standard InChI is InChI=1S/C10H10O3/c1-6(2)7-4-3-5-8(11)10(13)9(7)12/h3-5H,1H2,2H3,(H2,11,12,13). The second-order valence-corrected chi connectivity index (χ2v) is 2.78. The van der Waals surface area contributed by atoms with Gasteiger partial charge in [0.15, 0.2) is 11.5 Å². The van der Waals surface area contributed by atoms with Crippen LogP contribution in [0.4, 0.5) is 0 Å². The van der Waals surface area contributed by atoms with E-state index >= 15 is 0 Å². The lowest BCUT2D eigenvalue weighted by Crippen LogP contribution is -1.97. The van der Waals surface area contributed by atoms with E-state index in [2.05, 4.69) is 6.58 Å². The van der Waals surface area contributed by atoms with Crippen molar-refractivity contribution in [2.24, 2.45) is 0 Å². The van der Waals surface area contributed by atoms with E-state index in [1.54, 1.807) is 6.92 Å². The fourth-order valence-electron chi connectivity index (χ4n) is 0.978. The van der Waals surface area contributed by atoms with Crippen LogP contribution in [0.5, 0.6) is 11.5 Å². The van der Waals surface area contributed by atoms with Gasteiger partial charge >= 0.3 is 0 Å². The summed E-state index contributed by atoms with van der Waals surface area (Å²) in [6.45, 7) is 5.28. The number of allylic oxidation sites excluding steroid dienone is 1. The quantitative estimate of drug-likeness (QED) is 0.685. The molecule has 0 saturated carbocycles. The first kappa shape index (κ1) is 9.32. The molecule has 0 aromatic heterocycles. The Hall–Kier alpha value is -1.77. The van der Waals surface area contributed by atoms with Crippen molar-refractivity contribution in [3.05, 3.63) is 40.6 Å². The highest BCUT2D eigenvalue weighted by Gasteiger charge is 2.06. The Morgan fingerprint density at radius 1 is 1.38 bits per heavy atom. The lowest BCUT2D eigenvalue weighted by atomic mass is 10.1. The fourth-order valence-corrected chi connectivity index (χ4v) is 0.978. The first-order chi connectivity index (χ1) is 6.04. The van der Waals surface area contributed by atoms with Gasteiger partial charge in [0.25, 0.3) is 5.43 Å². The van der Waals surface area contributed by atoms with Crippen molar-refractivity contribution >= 4 is 5.57 Å². The Bertz CT molecular complexity index is 407. The molecule has 0 radical (unpaired) electrons. The van der Waals surface area contributed by atoms with Crippen molar-refractivity contribution in [2.75, 3.05) is 0 Å². The van der Waals surface area contributed by atoms with E-state index in [0.29, 0.717) is 11.1 Å². The third kappa shape index (κ3) is 1.69. The molecular formula is C10H10O3. The second-order valence-electron chi connectivity index (χ2n) is 2.78. The monoisotopic (exact) mass is 178 g/mol. The van der Waals surface area contributed by atoms with E-state index < -0.39 is 16.9 Å². The first-order valence-electron chi connectivity index (χ1n) is 3.75. The maximum absolute atomic E-state index is 11.2. The van der Waals surface area contributed by atoms with Crippen LogP contribution in [0.1, 0.15) is 12.5 Å². The van der Waals surface area contributed by atoms with Crippen molar-refractivity contribution in [3.8, 4) is 11.5 Å². The Morgan fingerprint density at radius 2 is 2.00 bits per heavy atom. The molecule has 0 atom stereocenters. The number of hydrogen-bond acceptors (Lipinski definition) is 3. The van der Waals surface area contributed by atoms with Crippen LogP contribution in [0.2, 0.25) is 0 Å². The Morgan fingerprint density at radius 3 is 2.54 bits per heavy atom. The molecule has 3 nitrogen and oxygen atoms in total. The molecule has 0 heterocycles. The van der Waals surface area contributed by atoms with E-state index in [4.69, 9.17) is 5.11 Å². The fraction of sp³-hybridized carbons (Fsp3) is 0.100. The van der Waals surface area contributed by atoms with E-state index in [1.807, 2.05) is 0 Å². The molecule has 0 spiro atoms. The molecule has 3 heteroatoms. The molecule has 0 amide bonds. The number of aromatic hydroxyl groups is 2. The Labute approximate surface area is 75.6 Å². The summed E-state index contributed by atoms with van der Waals surface area (Å²) in [4.78, 5) is 11.2. The smallest absolute Gasteiger partial charge is 0.262 e. The summed E-state index contributed by atoms with van der Waals surface area (Å²) >= 11 is 0. The predicted octanol–water partition coefficient (Wildman–Crippen LogP) is 1.49. The molecule has 0 saturated heterocycles. The average Bonchev–Trinajstić information content (AvgIpc) is 2.18. The van der Waals surface area contributed by atoms with E-state index in [-0.39, 0.29) is 0 Å². The summed E-state index contributed by atoms with van der Waals surface area (Å²) in [5.41, 5.74) is 0.151. The van der Waals surface area contributed by atoms with Crippen LogP contribution in [0.15, 0.2) is 29.6 Å². The van der Waals surface area contributed by atoms with E-state index in [9.17, 15) is 9.90 Å². The zero-order valence-corrected chi connectivity index (χ0v) is 7.24. The molecule has 0 aliphatic carbocycles. The SMILES string of the molecule is C=C(C)c1cccc(O)c(=O)c1O. The van der Waals surface area contributed by atoms with Crippen LogP contribution in [-0.4, -0.2) is 10.2 Å². The van der Waals surface area contributed by atoms with Crippen molar-refractivity contribution < 1.29 is 10.2 Å². The lowest BCUT2D eigenvalue weighted by Gasteiger charge is -1.96. The van der Waals surface area contributed by atoms with Crippen molar-refractivity contribution in [1.82, 2.24) is 0 Å². The minimum absolute atomic E-state index is 0.352. The molecule has 0 unspecified atom stereocenters. The summed E-state index contributed by atoms with van der Waals surface area (Å²) < 4.78 is 0. The van der Waals surface area contributed by atoms with Gasteiger partial charge in [-0.2, -0.15) is 0 Å². The molecule has 1 aromatic carbocycles. The largest absolute Gasteiger partial charge is 0.504 e. The molecular weight excluding hydrogens is 168 g/mol. The summed E-state index contributed by atoms with van der Waals surface area (Å²) in [6, 6.07) is 4.24. The van der Waals surface area contributed by atoms with Gasteiger partial charge < -0.3 is 10.2 Å². The van der Waals surface area contributed by atoms with Crippen molar-refractivity contribution in [1.29, 1.82) is 0 Å². The minimum atomic E-state index is -0.775. The molecule has 1 aromatic rings. The van der Waals surface area contributed by atoms with E-state index in [1.165, 1.54) is 18.2 Å². The molecule has 68 valence electrons. The molecule has 2 N–H and O–H groups in total. The Balaban J connectivity index is 3.62. The minimum Gasteiger partial charge on any atom is -0.504 e. The molecule has 0 bridgehead atoms. The maximum Gasteiger partial charge on any atom is 0.262 e. The van der Waals surface area contributed by atoms with Gasteiger partial charge in [0.2, 0.25) is 0 Å².